The van der Waals surface area contributed by atoms with Gasteiger partial charge in [-0.3, -0.25) is 25.2 Å². The van der Waals surface area contributed by atoms with Crippen LogP contribution in [0, 0.1) is 6.92 Å². The van der Waals surface area contributed by atoms with Crippen molar-refractivity contribution in [2.75, 3.05) is 6.61 Å². The molecule has 0 aliphatic carbocycles. The Morgan fingerprint density at radius 2 is 1.86 bits per heavy atom. The van der Waals surface area contributed by atoms with Crippen molar-refractivity contribution in [2.45, 2.75) is 19.8 Å². The molecule has 0 atom stereocenters. The Labute approximate surface area is 129 Å². The number of aryl methyl sites for hydroxylation is 1. The van der Waals surface area contributed by atoms with Gasteiger partial charge < -0.3 is 9.84 Å². The van der Waals surface area contributed by atoms with E-state index in [2.05, 4.69) is 26.8 Å². The summed E-state index contributed by atoms with van der Waals surface area (Å²) in [7, 11) is 0. The minimum absolute atomic E-state index is 0.206. The SMILES string of the molecule is Cc1cc(OCC(=O)NNC(=O)CCC(=O)O)ccc1Br. The number of halogens is 1. The van der Waals surface area contributed by atoms with Gasteiger partial charge in [-0.2, -0.15) is 0 Å². The van der Waals surface area contributed by atoms with Crippen molar-refractivity contribution in [1.82, 2.24) is 10.9 Å². The monoisotopic (exact) mass is 358 g/mol. The number of rotatable bonds is 6. The third-order valence-corrected chi connectivity index (χ3v) is 3.30. The number of hydrogen-bond acceptors (Lipinski definition) is 4. The summed E-state index contributed by atoms with van der Waals surface area (Å²) in [4.78, 5) is 32.9. The first-order valence-corrected chi connectivity index (χ1v) is 6.86. The molecule has 114 valence electrons. The Balaban J connectivity index is 2.29. The van der Waals surface area contributed by atoms with Crippen LogP contribution in [0.2, 0.25) is 0 Å². The summed E-state index contributed by atoms with van der Waals surface area (Å²) in [6.45, 7) is 1.62. The van der Waals surface area contributed by atoms with Crippen LogP contribution in [0.3, 0.4) is 0 Å². The fourth-order valence-corrected chi connectivity index (χ4v) is 1.56. The van der Waals surface area contributed by atoms with Crippen molar-refractivity contribution in [3.05, 3.63) is 28.2 Å². The molecule has 0 unspecified atom stereocenters. The second kappa shape index (κ2) is 8.25. The topological polar surface area (TPSA) is 105 Å². The van der Waals surface area contributed by atoms with Crippen LogP contribution in [0.25, 0.3) is 0 Å². The molecule has 1 rings (SSSR count). The zero-order chi connectivity index (χ0) is 15.8. The van der Waals surface area contributed by atoms with Gasteiger partial charge in [0.2, 0.25) is 5.91 Å². The number of nitrogens with one attached hydrogen (secondary N) is 2. The van der Waals surface area contributed by atoms with Crippen molar-refractivity contribution in [3.63, 3.8) is 0 Å². The van der Waals surface area contributed by atoms with Gasteiger partial charge in [-0.25, -0.2) is 0 Å². The van der Waals surface area contributed by atoms with Crippen LogP contribution < -0.4 is 15.6 Å². The van der Waals surface area contributed by atoms with Crippen molar-refractivity contribution >= 4 is 33.7 Å². The van der Waals surface area contributed by atoms with Gasteiger partial charge in [-0.1, -0.05) is 15.9 Å². The number of carboxylic acids is 1. The highest BCUT2D eigenvalue weighted by Gasteiger charge is 2.08. The van der Waals surface area contributed by atoms with Gasteiger partial charge in [0.25, 0.3) is 5.91 Å². The first-order chi connectivity index (χ1) is 9.88. The van der Waals surface area contributed by atoms with Crippen molar-refractivity contribution in [2.24, 2.45) is 0 Å². The zero-order valence-corrected chi connectivity index (χ0v) is 12.9. The molecule has 0 bridgehead atoms. The molecule has 21 heavy (non-hydrogen) atoms. The molecule has 0 aliphatic heterocycles. The number of amides is 2. The highest BCUT2D eigenvalue weighted by atomic mass is 79.9. The molecule has 0 aliphatic rings. The molecule has 0 saturated carbocycles. The normalized spacial score (nSPS) is 9.81. The molecule has 0 spiro atoms. The fraction of sp³-hybridized carbons (Fsp3) is 0.308. The molecule has 8 heteroatoms. The van der Waals surface area contributed by atoms with Gasteiger partial charge in [0.05, 0.1) is 6.42 Å². The van der Waals surface area contributed by atoms with Crippen LogP contribution in [0.5, 0.6) is 5.75 Å². The average Bonchev–Trinajstić information content (AvgIpc) is 2.44. The van der Waals surface area contributed by atoms with E-state index in [1.165, 1.54) is 0 Å². The second-order valence-electron chi connectivity index (χ2n) is 4.19. The van der Waals surface area contributed by atoms with E-state index < -0.39 is 17.8 Å². The summed E-state index contributed by atoms with van der Waals surface area (Å²) in [5.41, 5.74) is 5.21. The average molecular weight is 359 g/mol. The molecular formula is C13H15BrN2O5. The van der Waals surface area contributed by atoms with E-state index in [0.717, 1.165) is 10.0 Å². The quantitative estimate of drug-likeness (QED) is 0.661. The van der Waals surface area contributed by atoms with Gasteiger partial charge in [-0.15, -0.1) is 0 Å². The van der Waals surface area contributed by atoms with Crippen molar-refractivity contribution < 1.29 is 24.2 Å². The van der Waals surface area contributed by atoms with E-state index in [4.69, 9.17) is 9.84 Å². The van der Waals surface area contributed by atoms with Crippen LogP contribution in [0.15, 0.2) is 22.7 Å². The largest absolute Gasteiger partial charge is 0.484 e. The standard InChI is InChI=1S/C13H15BrN2O5/c1-8-6-9(2-3-10(8)14)21-7-12(18)16-15-11(17)4-5-13(19)20/h2-3,6H,4-5,7H2,1H3,(H,15,17)(H,16,18)(H,19,20). The maximum absolute atomic E-state index is 11.4. The van der Waals surface area contributed by atoms with Gasteiger partial charge in [-0.05, 0) is 30.7 Å². The number of aliphatic carboxylic acids is 1. The molecule has 3 N–H and O–H groups in total. The Hall–Kier alpha value is -2.09. The van der Waals surface area contributed by atoms with E-state index in [9.17, 15) is 14.4 Å². The molecule has 1 aromatic carbocycles. The number of hydrogen-bond donors (Lipinski definition) is 3. The molecule has 0 fully saturated rings. The summed E-state index contributed by atoms with van der Waals surface area (Å²) in [5, 5.41) is 8.40. The van der Waals surface area contributed by atoms with Gasteiger partial charge in [0, 0.05) is 10.9 Å². The first-order valence-electron chi connectivity index (χ1n) is 6.07. The van der Waals surface area contributed by atoms with E-state index >= 15 is 0 Å². The molecule has 2 amide bonds. The molecular weight excluding hydrogens is 344 g/mol. The number of carboxylic acid groups (broad SMARTS) is 1. The van der Waals surface area contributed by atoms with E-state index in [-0.39, 0.29) is 19.4 Å². The lowest BCUT2D eigenvalue weighted by molar-refractivity contribution is -0.139. The van der Waals surface area contributed by atoms with Gasteiger partial charge >= 0.3 is 5.97 Å². The van der Waals surface area contributed by atoms with Gasteiger partial charge in [0.1, 0.15) is 5.75 Å². The van der Waals surface area contributed by atoms with Crippen LogP contribution >= 0.6 is 15.9 Å². The molecule has 0 heterocycles. The lowest BCUT2D eigenvalue weighted by Gasteiger charge is -2.09. The van der Waals surface area contributed by atoms with Gasteiger partial charge in [0.15, 0.2) is 6.61 Å². The highest BCUT2D eigenvalue weighted by Crippen LogP contribution is 2.21. The maximum Gasteiger partial charge on any atom is 0.303 e. The summed E-state index contributed by atoms with van der Waals surface area (Å²) in [6, 6.07) is 5.27. The lowest BCUT2D eigenvalue weighted by atomic mass is 10.2. The Bertz CT molecular complexity index is 547. The maximum atomic E-state index is 11.4. The van der Waals surface area contributed by atoms with E-state index in [0.29, 0.717) is 5.75 Å². The summed E-state index contributed by atoms with van der Waals surface area (Å²) in [5.74, 6) is -1.67. The summed E-state index contributed by atoms with van der Waals surface area (Å²) >= 11 is 3.35. The van der Waals surface area contributed by atoms with Crippen LogP contribution in [0.4, 0.5) is 0 Å². The third kappa shape index (κ3) is 6.75. The molecule has 1 aromatic rings. The number of benzene rings is 1. The molecule has 7 nitrogen and oxygen atoms in total. The fourth-order valence-electron chi connectivity index (χ4n) is 1.31. The number of carbonyl (C=O) groups is 3. The minimum Gasteiger partial charge on any atom is -0.484 e. The molecule has 0 aromatic heterocycles. The Morgan fingerprint density at radius 1 is 1.19 bits per heavy atom. The molecule has 0 radical (unpaired) electrons. The van der Waals surface area contributed by atoms with E-state index in [1.807, 2.05) is 6.92 Å². The number of ether oxygens (including phenoxy) is 1. The van der Waals surface area contributed by atoms with E-state index in [1.54, 1.807) is 18.2 Å². The second-order valence-corrected chi connectivity index (χ2v) is 5.04. The van der Waals surface area contributed by atoms with Crippen LogP contribution in [-0.4, -0.2) is 29.5 Å². The first kappa shape index (κ1) is 17.0. The number of hydrazine groups is 1. The smallest absolute Gasteiger partial charge is 0.303 e. The zero-order valence-electron chi connectivity index (χ0n) is 11.3. The third-order valence-electron chi connectivity index (χ3n) is 2.41. The predicted molar refractivity (Wildman–Crippen MR) is 77.5 cm³/mol. The summed E-state index contributed by atoms with van der Waals surface area (Å²) in [6.07, 6.45) is -0.501. The Morgan fingerprint density at radius 3 is 2.48 bits per heavy atom. The van der Waals surface area contributed by atoms with Crippen LogP contribution in [0.1, 0.15) is 18.4 Å². The Kier molecular flexibility index (Phi) is 6.67. The number of carbonyl (C=O) groups excluding carboxylic acids is 2. The summed E-state index contributed by atoms with van der Waals surface area (Å²) < 4.78 is 6.19. The van der Waals surface area contributed by atoms with Crippen molar-refractivity contribution in [1.29, 1.82) is 0 Å². The van der Waals surface area contributed by atoms with Crippen LogP contribution in [-0.2, 0) is 14.4 Å². The predicted octanol–water partition coefficient (Wildman–Crippen LogP) is 1.15. The minimum atomic E-state index is -1.08. The molecule has 0 saturated heterocycles. The van der Waals surface area contributed by atoms with Crippen molar-refractivity contribution in [3.8, 4) is 5.75 Å². The highest BCUT2D eigenvalue weighted by molar-refractivity contribution is 9.10. The lowest BCUT2D eigenvalue weighted by Crippen LogP contribution is -2.43.